The van der Waals surface area contributed by atoms with E-state index in [9.17, 15) is 0 Å². The van der Waals surface area contributed by atoms with E-state index in [1.807, 2.05) is 36.4 Å². The Hall–Kier alpha value is -1.73. The van der Waals surface area contributed by atoms with Crippen LogP contribution in [0.25, 0.3) is 0 Å². The van der Waals surface area contributed by atoms with Gasteiger partial charge in [-0.2, -0.15) is 5.26 Å². The SMILES string of the molecule is [CH2]C(C#N)C#Cc1ccccc1. The van der Waals surface area contributed by atoms with Crippen molar-refractivity contribution in [3.8, 4) is 17.9 Å². The summed E-state index contributed by atoms with van der Waals surface area (Å²) in [5.41, 5.74) is 0.918. The molecular formula is C11H8N. The Morgan fingerprint density at radius 3 is 2.50 bits per heavy atom. The molecule has 12 heavy (non-hydrogen) atoms. The van der Waals surface area contributed by atoms with Gasteiger partial charge in [-0.1, -0.05) is 30.0 Å². The lowest BCUT2D eigenvalue weighted by atomic mass is 10.2. The van der Waals surface area contributed by atoms with Crippen LogP contribution in [0.5, 0.6) is 0 Å². The van der Waals surface area contributed by atoms with E-state index in [1.54, 1.807) is 0 Å². The van der Waals surface area contributed by atoms with Gasteiger partial charge in [0, 0.05) is 5.56 Å². The Morgan fingerprint density at radius 1 is 1.25 bits per heavy atom. The summed E-state index contributed by atoms with van der Waals surface area (Å²) in [5, 5.41) is 8.40. The van der Waals surface area contributed by atoms with Crippen molar-refractivity contribution in [2.75, 3.05) is 0 Å². The second-order valence-electron chi connectivity index (χ2n) is 2.32. The number of benzene rings is 1. The number of nitriles is 1. The molecular weight excluding hydrogens is 146 g/mol. The standard InChI is InChI=1S/C11H8N/c1-10(9-12)7-8-11-5-3-2-4-6-11/h2-6,10H,1H2. The minimum absolute atomic E-state index is 0.440. The lowest BCUT2D eigenvalue weighted by Gasteiger charge is -1.87. The van der Waals surface area contributed by atoms with Crippen LogP contribution in [0.4, 0.5) is 0 Å². The van der Waals surface area contributed by atoms with Crippen LogP contribution in [-0.4, -0.2) is 0 Å². The summed E-state index contributed by atoms with van der Waals surface area (Å²) in [6, 6.07) is 11.5. The van der Waals surface area contributed by atoms with E-state index in [0.29, 0.717) is 0 Å². The van der Waals surface area contributed by atoms with Crippen LogP contribution in [0.2, 0.25) is 0 Å². The third-order valence-corrected chi connectivity index (χ3v) is 1.32. The van der Waals surface area contributed by atoms with E-state index in [2.05, 4.69) is 18.8 Å². The molecule has 1 atom stereocenters. The van der Waals surface area contributed by atoms with E-state index < -0.39 is 5.92 Å². The second kappa shape index (κ2) is 4.21. The highest BCUT2D eigenvalue weighted by Gasteiger charge is 1.89. The number of nitrogens with zero attached hydrogens (tertiary/aromatic N) is 1. The van der Waals surface area contributed by atoms with Gasteiger partial charge in [0.15, 0.2) is 0 Å². The Kier molecular flexibility index (Phi) is 2.94. The molecule has 1 aromatic rings. The van der Waals surface area contributed by atoms with Crippen LogP contribution in [0.3, 0.4) is 0 Å². The maximum Gasteiger partial charge on any atom is 0.107 e. The molecule has 1 unspecified atom stereocenters. The quantitative estimate of drug-likeness (QED) is 0.524. The minimum atomic E-state index is -0.440. The molecule has 1 nitrogen and oxygen atoms in total. The third-order valence-electron chi connectivity index (χ3n) is 1.32. The molecule has 0 saturated carbocycles. The van der Waals surface area contributed by atoms with Gasteiger partial charge in [0.2, 0.25) is 0 Å². The Bertz CT molecular complexity index is 335. The van der Waals surface area contributed by atoms with E-state index in [1.165, 1.54) is 0 Å². The molecule has 0 aliphatic rings. The number of rotatable bonds is 0. The molecule has 0 N–H and O–H groups in total. The highest BCUT2D eigenvalue weighted by molar-refractivity contribution is 5.35. The van der Waals surface area contributed by atoms with Crippen LogP contribution >= 0.6 is 0 Å². The summed E-state index contributed by atoms with van der Waals surface area (Å²) in [4.78, 5) is 0. The van der Waals surface area contributed by atoms with Gasteiger partial charge in [-0.3, -0.25) is 0 Å². The molecule has 0 amide bonds. The van der Waals surface area contributed by atoms with Crippen LogP contribution in [-0.2, 0) is 0 Å². The maximum absolute atomic E-state index is 8.40. The molecule has 0 heterocycles. The van der Waals surface area contributed by atoms with Gasteiger partial charge < -0.3 is 0 Å². The van der Waals surface area contributed by atoms with Crippen molar-refractivity contribution in [2.45, 2.75) is 0 Å². The first-order chi connectivity index (χ1) is 5.83. The van der Waals surface area contributed by atoms with Gasteiger partial charge in [0.1, 0.15) is 5.92 Å². The van der Waals surface area contributed by atoms with E-state index >= 15 is 0 Å². The molecule has 1 aromatic carbocycles. The molecule has 0 saturated heterocycles. The molecule has 1 radical (unpaired) electrons. The van der Waals surface area contributed by atoms with Gasteiger partial charge in [0.25, 0.3) is 0 Å². The van der Waals surface area contributed by atoms with Crippen LogP contribution in [0, 0.1) is 36.0 Å². The molecule has 0 bridgehead atoms. The highest BCUT2D eigenvalue weighted by Crippen LogP contribution is 1.96. The zero-order chi connectivity index (χ0) is 8.81. The monoisotopic (exact) mass is 154 g/mol. The third kappa shape index (κ3) is 2.48. The van der Waals surface area contributed by atoms with Crippen molar-refractivity contribution in [3.63, 3.8) is 0 Å². The molecule has 0 aliphatic carbocycles. The van der Waals surface area contributed by atoms with Crippen molar-refractivity contribution in [3.05, 3.63) is 42.8 Å². The summed E-state index contributed by atoms with van der Waals surface area (Å²) >= 11 is 0. The molecule has 0 fully saturated rings. The fourth-order valence-corrected chi connectivity index (χ4v) is 0.724. The summed E-state index contributed by atoms with van der Waals surface area (Å²) < 4.78 is 0. The largest absolute Gasteiger partial charge is 0.197 e. The van der Waals surface area contributed by atoms with Gasteiger partial charge in [-0.15, -0.1) is 0 Å². The Balaban J connectivity index is 2.75. The van der Waals surface area contributed by atoms with Crippen LogP contribution in [0.1, 0.15) is 5.56 Å². The van der Waals surface area contributed by atoms with E-state index in [0.717, 1.165) is 5.56 Å². The predicted molar refractivity (Wildman–Crippen MR) is 47.8 cm³/mol. The summed E-state index contributed by atoms with van der Waals surface area (Å²) in [6.45, 7) is 3.54. The minimum Gasteiger partial charge on any atom is -0.197 e. The average molecular weight is 154 g/mol. The number of hydrogen-bond acceptors (Lipinski definition) is 1. The van der Waals surface area contributed by atoms with E-state index in [-0.39, 0.29) is 0 Å². The average Bonchev–Trinajstić information content (AvgIpc) is 2.16. The first-order valence-electron chi connectivity index (χ1n) is 3.62. The van der Waals surface area contributed by atoms with Crippen molar-refractivity contribution < 1.29 is 0 Å². The Morgan fingerprint density at radius 2 is 1.92 bits per heavy atom. The lowest BCUT2D eigenvalue weighted by molar-refractivity contribution is 1.13. The molecule has 0 aliphatic heterocycles. The first kappa shape index (κ1) is 8.37. The van der Waals surface area contributed by atoms with Gasteiger partial charge >= 0.3 is 0 Å². The number of hydrogen-bond donors (Lipinski definition) is 0. The van der Waals surface area contributed by atoms with Crippen LogP contribution in [0.15, 0.2) is 30.3 Å². The topological polar surface area (TPSA) is 23.8 Å². The van der Waals surface area contributed by atoms with Gasteiger partial charge in [0.05, 0.1) is 6.07 Å². The molecule has 57 valence electrons. The zero-order valence-corrected chi connectivity index (χ0v) is 6.62. The van der Waals surface area contributed by atoms with Crippen LogP contribution < -0.4 is 0 Å². The molecule has 1 heteroatoms. The van der Waals surface area contributed by atoms with E-state index in [4.69, 9.17) is 5.26 Å². The van der Waals surface area contributed by atoms with Crippen molar-refractivity contribution >= 4 is 0 Å². The highest BCUT2D eigenvalue weighted by atomic mass is 14.2. The summed E-state index contributed by atoms with van der Waals surface area (Å²) in [6.07, 6.45) is 0. The van der Waals surface area contributed by atoms with Crippen molar-refractivity contribution in [1.82, 2.24) is 0 Å². The molecule has 1 rings (SSSR count). The smallest absolute Gasteiger partial charge is 0.107 e. The fraction of sp³-hybridized carbons (Fsp3) is 0.0909. The summed E-state index contributed by atoms with van der Waals surface area (Å²) in [5.74, 6) is 5.15. The zero-order valence-electron chi connectivity index (χ0n) is 6.62. The predicted octanol–water partition coefficient (Wildman–Crippen LogP) is 2.01. The van der Waals surface area contributed by atoms with Crippen molar-refractivity contribution in [1.29, 1.82) is 5.26 Å². The van der Waals surface area contributed by atoms with Gasteiger partial charge in [-0.25, -0.2) is 0 Å². The summed E-state index contributed by atoms with van der Waals surface area (Å²) in [7, 11) is 0. The maximum atomic E-state index is 8.40. The lowest BCUT2D eigenvalue weighted by Crippen LogP contribution is -1.82. The molecule has 0 aromatic heterocycles. The second-order valence-corrected chi connectivity index (χ2v) is 2.32. The Labute approximate surface area is 72.6 Å². The van der Waals surface area contributed by atoms with Gasteiger partial charge in [-0.05, 0) is 19.1 Å². The normalized spacial score (nSPS) is 10.7. The first-order valence-corrected chi connectivity index (χ1v) is 3.62. The fourth-order valence-electron chi connectivity index (χ4n) is 0.724. The van der Waals surface area contributed by atoms with Crippen molar-refractivity contribution in [2.24, 2.45) is 5.92 Å². The molecule has 0 spiro atoms.